The number of rotatable bonds is 6. The van der Waals surface area contributed by atoms with E-state index >= 15 is 0 Å². The van der Waals surface area contributed by atoms with Gasteiger partial charge in [0.2, 0.25) is 0 Å². The van der Waals surface area contributed by atoms with Crippen LogP contribution in [-0.4, -0.2) is 28.1 Å². The maximum Gasteiger partial charge on any atom is 0.355 e. The molecule has 0 aliphatic carbocycles. The van der Waals surface area contributed by atoms with Crippen LogP contribution >= 0.6 is 11.3 Å². The van der Waals surface area contributed by atoms with Crippen LogP contribution in [0.5, 0.6) is 0 Å². The van der Waals surface area contributed by atoms with Gasteiger partial charge in [0.25, 0.3) is 0 Å². The molecular formula is C12H15N3O3S. The number of nitrogens with zero attached hydrogens (tertiary/aromatic N) is 1. The lowest BCUT2D eigenvalue weighted by atomic mass is 10.2. The number of amides is 2. The summed E-state index contributed by atoms with van der Waals surface area (Å²) in [6.45, 7) is 2.15. The first-order valence-electron chi connectivity index (χ1n) is 5.75. The lowest BCUT2D eigenvalue weighted by Crippen LogP contribution is -2.41. The number of terminal acetylenes is 1. The van der Waals surface area contributed by atoms with Gasteiger partial charge in [-0.15, -0.1) is 17.8 Å². The average molecular weight is 281 g/mol. The van der Waals surface area contributed by atoms with Crippen molar-refractivity contribution in [3.05, 3.63) is 16.1 Å². The number of carboxylic acid groups (broad SMARTS) is 1. The van der Waals surface area contributed by atoms with E-state index in [1.165, 1.54) is 16.7 Å². The van der Waals surface area contributed by atoms with Crippen molar-refractivity contribution in [2.75, 3.05) is 0 Å². The maximum absolute atomic E-state index is 11.5. The zero-order valence-corrected chi connectivity index (χ0v) is 11.3. The zero-order chi connectivity index (χ0) is 14.3. The van der Waals surface area contributed by atoms with Crippen molar-refractivity contribution in [2.24, 2.45) is 0 Å². The summed E-state index contributed by atoms with van der Waals surface area (Å²) in [6, 6.07) is -0.681. The molecule has 1 atom stereocenters. The number of nitrogens with one attached hydrogen (secondary N) is 2. The second-order valence-electron chi connectivity index (χ2n) is 3.77. The number of aromatic carboxylic acids is 1. The molecule has 6 nitrogen and oxygen atoms in total. The van der Waals surface area contributed by atoms with E-state index in [-0.39, 0.29) is 24.3 Å². The molecule has 1 unspecified atom stereocenters. The third kappa shape index (κ3) is 4.97. The Balaban J connectivity index is 2.41. The highest BCUT2D eigenvalue weighted by Gasteiger charge is 2.11. The van der Waals surface area contributed by atoms with Crippen LogP contribution in [0.3, 0.4) is 0 Å². The van der Waals surface area contributed by atoms with Crippen LogP contribution in [0.25, 0.3) is 0 Å². The third-order valence-corrected chi connectivity index (χ3v) is 3.10. The van der Waals surface area contributed by atoms with Gasteiger partial charge in [-0.3, -0.25) is 0 Å². The number of hydrogen-bond acceptors (Lipinski definition) is 4. The van der Waals surface area contributed by atoms with E-state index < -0.39 is 5.97 Å². The third-order valence-electron chi connectivity index (χ3n) is 2.25. The lowest BCUT2D eigenvalue weighted by Gasteiger charge is -2.12. The highest BCUT2D eigenvalue weighted by atomic mass is 32.1. The number of carbonyl (C=O) groups is 2. The summed E-state index contributed by atoms with van der Waals surface area (Å²) in [6.07, 6.45) is 6.87. The molecule has 1 aromatic heterocycles. The molecule has 1 heterocycles. The van der Waals surface area contributed by atoms with Gasteiger partial charge < -0.3 is 15.7 Å². The van der Waals surface area contributed by atoms with Crippen molar-refractivity contribution in [1.82, 2.24) is 15.6 Å². The summed E-state index contributed by atoms with van der Waals surface area (Å²) in [4.78, 5) is 26.0. The molecule has 0 radical (unpaired) electrons. The van der Waals surface area contributed by atoms with Gasteiger partial charge in [-0.1, -0.05) is 19.3 Å². The Morgan fingerprint density at radius 2 is 2.37 bits per heavy atom. The average Bonchev–Trinajstić information content (AvgIpc) is 2.84. The summed E-state index contributed by atoms with van der Waals surface area (Å²) in [5, 5.41) is 15.9. The van der Waals surface area contributed by atoms with Gasteiger partial charge >= 0.3 is 12.0 Å². The minimum Gasteiger partial charge on any atom is -0.476 e. The Labute approximate surface area is 115 Å². The molecule has 7 heteroatoms. The normalized spacial score (nSPS) is 11.4. The molecule has 2 amide bonds. The molecule has 0 saturated carbocycles. The molecule has 0 aliphatic rings. The van der Waals surface area contributed by atoms with Gasteiger partial charge in [-0.25, -0.2) is 14.6 Å². The fourth-order valence-corrected chi connectivity index (χ4v) is 2.05. The Hall–Kier alpha value is -2.07. The number of aromatic nitrogens is 1. The zero-order valence-electron chi connectivity index (χ0n) is 10.5. The topological polar surface area (TPSA) is 91.3 Å². The summed E-state index contributed by atoms with van der Waals surface area (Å²) in [5.74, 6) is 1.41. The smallest absolute Gasteiger partial charge is 0.355 e. The number of urea groups is 1. The van der Waals surface area contributed by atoms with Crippen molar-refractivity contribution >= 4 is 23.3 Å². The number of hydrogen-bond donors (Lipinski definition) is 3. The monoisotopic (exact) mass is 281 g/mol. The van der Waals surface area contributed by atoms with Gasteiger partial charge in [0.1, 0.15) is 5.01 Å². The second-order valence-corrected chi connectivity index (χ2v) is 4.71. The quantitative estimate of drug-likeness (QED) is 0.688. The molecule has 0 spiro atoms. The molecule has 0 aromatic carbocycles. The summed E-state index contributed by atoms with van der Waals surface area (Å²) in [5.41, 5.74) is -0.0188. The van der Waals surface area contributed by atoms with Gasteiger partial charge in [0.15, 0.2) is 5.69 Å². The predicted octanol–water partition coefficient (Wildman–Crippen LogP) is 1.44. The standard InChI is InChI=1S/C12H15N3O3S/c1-3-5-8(4-2)14-12(18)13-6-10-15-9(7-19-10)11(16)17/h2,7-8H,3,5-6H2,1H3,(H,16,17)(H2,13,14,18). The summed E-state index contributed by atoms with van der Waals surface area (Å²) < 4.78 is 0. The second kappa shape index (κ2) is 7.38. The van der Waals surface area contributed by atoms with Gasteiger partial charge in [0.05, 0.1) is 12.6 Å². The SMILES string of the molecule is C#CC(CCC)NC(=O)NCc1nc(C(=O)O)cs1. The molecule has 0 aliphatic heterocycles. The van der Waals surface area contributed by atoms with E-state index in [4.69, 9.17) is 11.5 Å². The molecule has 102 valence electrons. The van der Waals surface area contributed by atoms with Crippen molar-refractivity contribution in [1.29, 1.82) is 0 Å². The summed E-state index contributed by atoms with van der Waals surface area (Å²) >= 11 is 1.18. The Kier molecular flexibility index (Phi) is 5.82. The van der Waals surface area contributed by atoms with Gasteiger partial charge in [0, 0.05) is 5.38 Å². The first-order chi connectivity index (χ1) is 9.06. The van der Waals surface area contributed by atoms with E-state index in [2.05, 4.69) is 21.5 Å². The van der Waals surface area contributed by atoms with Crippen molar-refractivity contribution in [2.45, 2.75) is 32.4 Å². The van der Waals surface area contributed by atoms with Gasteiger partial charge in [-0.05, 0) is 6.42 Å². The molecule has 3 N–H and O–H groups in total. The van der Waals surface area contributed by atoms with Crippen LogP contribution in [0, 0.1) is 12.3 Å². The van der Waals surface area contributed by atoms with Crippen LogP contribution in [0.4, 0.5) is 4.79 Å². The molecule has 1 rings (SSSR count). The van der Waals surface area contributed by atoms with E-state index in [1.807, 2.05) is 6.92 Å². The van der Waals surface area contributed by atoms with Gasteiger partial charge in [-0.2, -0.15) is 0 Å². The first-order valence-corrected chi connectivity index (χ1v) is 6.63. The molecule has 1 aromatic rings. The summed E-state index contributed by atoms with van der Waals surface area (Å²) in [7, 11) is 0. The molecule has 0 saturated heterocycles. The highest BCUT2D eigenvalue weighted by molar-refractivity contribution is 7.09. The fraction of sp³-hybridized carbons (Fsp3) is 0.417. The van der Waals surface area contributed by atoms with Crippen LogP contribution in [0.15, 0.2) is 5.38 Å². The van der Waals surface area contributed by atoms with E-state index in [1.54, 1.807) is 0 Å². The van der Waals surface area contributed by atoms with Crippen LogP contribution in [0.1, 0.15) is 35.3 Å². The highest BCUT2D eigenvalue weighted by Crippen LogP contribution is 2.09. The lowest BCUT2D eigenvalue weighted by molar-refractivity contribution is 0.0691. The molecule has 0 bridgehead atoms. The maximum atomic E-state index is 11.5. The molecule has 0 fully saturated rings. The van der Waals surface area contributed by atoms with Crippen LogP contribution in [0.2, 0.25) is 0 Å². The number of carboxylic acids is 1. The first kappa shape index (κ1) is 15.0. The molecule has 19 heavy (non-hydrogen) atoms. The van der Waals surface area contributed by atoms with E-state index in [9.17, 15) is 9.59 Å². The predicted molar refractivity (Wildman–Crippen MR) is 72.0 cm³/mol. The van der Waals surface area contributed by atoms with E-state index in [0.717, 1.165) is 6.42 Å². The fourth-order valence-electron chi connectivity index (χ4n) is 1.34. The van der Waals surface area contributed by atoms with Crippen molar-refractivity contribution in [3.63, 3.8) is 0 Å². The minimum absolute atomic E-state index is 0.0188. The number of thiazole rings is 1. The Morgan fingerprint density at radius 3 is 2.89 bits per heavy atom. The molecular weight excluding hydrogens is 266 g/mol. The van der Waals surface area contributed by atoms with Crippen molar-refractivity contribution in [3.8, 4) is 12.3 Å². The largest absolute Gasteiger partial charge is 0.476 e. The Morgan fingerprint density at radius 1 is 1.63 bits per heavy atom. The Bertz CT molecular complexity index is 493. The number of carbonyl (C=O) groups excluding carboxylic acids is 1. The van der Waals surface area contributed by atoms with E-state index in [0.29, 0.717) is 11.4 Å². The minimum atomic E-state index is -1.08. The van der Waals surface area contributed by atoms with Crippen LogP contribution in [-0.2, 0) is 6.54 Å². The van der Waals surface area contributed by atoms with Crippen LogP contribution < -0.4 is 10.6 Å². The van der Waals surface area contributed by atoms with Crippen molar-refractivity contribution < 1.29 is 14.7 Å².